The van der Waals surface area contributed by atoms with Gasteiger partial charge in [0.25, 0.3) is 0 Å². The van der Waals surface area contributed by atoms with Gasteiger partial charge in [0.15, 0.2) is 0 Å². The van der Waals surface area contributed by atoms with E-state index in [2.05, 4.69) is 43.4 Å². The van der Waals surface area contributed by atoms with Crippen LogP contribution in [0.15, 0.2) is 60.7 Å². The van der Waals surface area contributed by atoms with Crippen molar-refractivity contribution in [1.29, 1.82) is 0 Å². The zero-order valence-corrected chi connectivity index (χ0v) is 14.4. The van der Waals surface area contributed by atoms with Gasteiger partial charge in [0.1, 0.15) is 6.61 Å². The third-order valence-electron chi connectivity index (χ3n) is 3.51. The van der Waals surface area contributed by atoms with E-state index in [-0.39, 0.29) is 6.61 Å². The summed E-state index contributed by atoms with van der Waals surface area (Å²) in [6.07, 6.45) is 4.60. The maximum absolute atomic E-state index is 11.6. The first-order valence-electron chi connectivity index (χ1n) is 8.33. The number of benzene rings is 2. The Bertz CT molecular complexity index is 645. The quantitative estimate of drug-likeness (QED) is 0.793. The third-order valence-corrected chi connectivity index (χ3v) is 3.51. The molecule has 1 amide bonds. The minimum absolute atomic E-state index is 0.285. The maximum atomic E-state index is 11.6. The number of amides is 1. The van der Waals surface area contributed by atoms with Gasteiger partial charge in [0.2, 0.25) is 0 Å². The molecule has 0 aromatic heterocycles. The summed E-state index contributed by atoms with van der Waals surface area (Å²) >= 11 is 0. The Labute approximate surface area is 144 Å². The Hall–Kier alpha value is -2.55. The molecule has 0 saturated carbocycles. The first-order valence-corrected chi connectivity index (χ1v) is 8.33. The van der Waals surface area contributed by atoms with E-state index in [1.807, 2.05) is 42.5 Å². The van der Waals surface area contributed by atoms with E-state index < -0.39 is 6.09 Å². The summed E-state index contributed by atoms with van der Waals surface area (Å²) in [6.45, 7) is 5.17. The van der Waals surface area contributed by atoms with Gasteiger partial charge in [-0.2, -0.15) is 0 Å². The lowest BCUT2D eigenvalue weighted by Crippen LogP contribution is -2.24. The lowest BCUT2D eigenvalue weighted by Gasteiger charge is -2.05. The van der Waals surface area contributed by atoms with Gasteiger partial charge in [-0.15, -0.1) is 0 Å². The van der Waals surface area contributed by atoms with Crippen LogP contribution in [0.1, 0.15) is 30.5 Å². The van der Waals surface area contributed by atoms with Crippen LogP contribution >= 0.6 is 0 Å². The van der Waals surface area contributed by atoms with Crippen LogP contribution < -0.4 is 5.32 Å². The summed E-state index contributed by atoms with van der Waals surface area (Å²) in [7, 11) is 0. The minimum atomic E-state index is -0.407. The number of hydrogen-bond donors (Lipinski definition) is 1. The van der Waals surface area contributed by atoms with Gasteiger partial charge in [0.05, 0.1) is 0 Å². The molecule has 0 aliphatic heterocycles. The molecule has 2 rings (SSSR count). The second kappa shape index (κ2) is 9.56. The van der Waals surface area contributed by atoms with Gasteiger partial charge < -0.3 is 10.1 Å². The smallest absolute Gasteiger partial charge is 0.407 e. The van der Waals surface area contributed by atoms with Crippen LogP contribution in [0.3, 0.4) is 0 Å². The van der Waals surface area contributed by atoms with Crippen molar-refractivity contribution < 1.29 is 9.53 Å². The average Bonchev–Trinajstić information content (AvgIpc) is 2.59. The standard InChI is InChI=1S/C21H25NO2/c1-17(2)15-19-12-10-18(11-13-19)9-6-14-22-21(23)24-16-20-7-4-3-5-8-20/h3-13,17H,14-16H2,1-2H3,(H,22,23). The fourth-order valence-corrected chi connectivity index (χ4v) is 2.35. The van der Waals surface area contributed by atoms with Crippen LogP contribution in [0.5, 0.6) is 0 Å². The Morgan fingerprint density at radius 1 is 1.04 bits per heavy atom. The van der Waals surface area contributed by atoms with Crippen molar-refractivity contribution in [3.63, 3.8) is 0 Å². The van der Waals surface area contributed by atoms with E-state index in [4.69, 9.17) is 4.74 Å². The lowest BCUT2D eigenvalue weighted by atomic mass is 10.0. The monoisotopic (exact) mass is 323 g/mol. The van der Waals surface area contributed by atoms with Crippen molar-refractivity contribution >= 4 is 12.2 Å². The Balaban J connectivity index is 1.69. The molecule has 1 N–H and O–H groups in total. The van der Waals surface area contributed by atoms with E-state index in [1.165, 1.54) is 5.56 Å². The lowest BCUT2D eigenvalue weighted by molar-refractivity contribution is 0.141. The summed E-state index contributed by atoms with van der Waals surface area (Å²) in [5.74, 6) is 0.664. The highest BCUT2D eigenvalue weighted by Gasteiger charge is 2.00. The van der Waals surface area contributed by atoms with E-state index in [0.29, 0.717) is 12.5 Å². The predicted molar refractivity (Wildman–Crippen MR) is 98.6 cm³/mol. The Kier molecular flexibility index (Phi) is 7.09. The molecule has 0 saturated heterocycles. The number of alkyl carbamates (subject to hydrolysis) is 1. The molecule has 0 heterocycles. The Morgan fingerprint density at radius 2 is 1.75 bits per heavy atom. The van der Waals surface area contributed by atoms with Gasteiger partial charge in [0, 0.05) is 6.54 Å². The number of carbonyl (C=O) groups is 1. The molecular formula is C21H25NO2. The van der Waals surface area contributed by atoms with Crippen LogP contribution in [0, 0.1) is 5.92 Å². The molecule has 24 heavy (non-hydrogen) atoms. The molecule has 0 bridgehead atoms. The number of rotatable bonds is 7. The predicted octanol–water partition coefficient (Wildman–Crippen LogP) is 4.82. The van der Waals surface area contributed by atoms with Gasteiger partial charge in [-0.05, 0) is 29.0 Å². The van der Waals surface area contributed by atoms with Gasteiger partial charge in [-0.3, -0.25) is 0 Å². The highest BCUT2D eigenvalue weighted by Crippen LogP contribution is 2.10. The van der Waals surface area contributed by atoms with Crippen LogP contribution in [-0.4, -0.2) is 12.6 Å². The number of ether oxygens (including phenoxy) is 1. The van der Waals surface area contributed by atoms with Crippen molar-refractivity contribution in [3.05, 3.63) is 77.4 Å². The van der Waals surface area contributed by atoms with Crippen molar-refractivity contribution in [1.82, 2.24) is 5.32 Å². The fourth-order valence-electron chi connectivity index (χ4n) is 2.35. The van der Waals surface area contributed by atoms with E-state index >= 15 is 0 Å². The highest BCUT2D eigenvalue weighted by atomic mass is 16.5. The summed E-state index contributed by atoms with van der Waals surface area (Å²) in [4.78, 5) is 11.6. The summed E-state index contributed by atoms with van der Waals surface area (Å²) in [5, 5.41) is 2.71. The van der Waals surface area contributed by atoms with Crippen LogP contribution in [-0.2, 0) is 17.8 Å². The summed E-state index contributed by atoms with van der Waals surface area (Å²) < 4.78 is 5.15. The average molecular weight is 323 g/mol. The Morgan fingerprint density at radius 3 is 2.42 bits per heavy atom. The second-order valence-corrected chi connectivity index (χ2v) is 6.18. The van der Waals surface area contributed by atoms with E-state index in [0.717, 1.165) is 17.5 Å². The normalized spacial score (nSPS) is 11.0. The van der Waals surface area contributed by atoms with Gasteiger partial charge in [-0.1, -0.05) is 80.6 Å². The van der Waals surface area contributed by atoms with Crippen LogP contribution in [0.2, 0.25) is 0 Å². The number of carbonyl (C=O) groups excluding carboxylic acids is 1. The number of hydrogen-bond acceptors (Lipinski definition) is 2. The molecule has 0 aliphatic carbocycles. The molecule has 0 aliphatic rings. The molecule has 0 atom stereocenters. The van der Waals surface area contributed by atoms with Crippen LogP contribution in [0.25, 0.3) is 6.08 Å². The molecule has 126 valence electrons. The first-order chi connectivity index (χ1) is 11.6. The zero-order chi connectivity index (χ0) is 17.2. The SMILES string of the molecule is CC(C)Cc1ccc(C=CCNC(=O)OCc2ccccc2)cc1. The highest BCUT2D eigenvalue weighted by molar-refractivity contribution is 5.67. The molecule has 0 radical (unpaired) electrons. The van der Waals surface area contributed by atoms with Crippen molar-refractivity contribution in [3.8, 4) is 0 Å². The molecule has 0 fully saturated rings. The van der Waals surface area contributed by atoms with Crippen molar-refractivity contribution in [2.45, 2.75) is 26.9 Å². The van der Waals surface area contributed by atoms with Crippen molar-refractivity contribution in [2.75, 3.05) is 6.54 Å². The second-order valence-electron chi connectivity index (χ2n) is 6.18. The molecular weight excluding hydrogens is 298 g/mol. The van der Waals surface area contributed by atoms with Gasteiger partial charge >= 0.3 is 6.09 Å². The largest absolute Gasteiger partial charge is 0.445 e. The first kappa shape index (κ1) is 17.8. The molecule has 2 aromatic rings. The van der Waals surface area contributed by atoms with Gasteiger partial charge in [-0.25, -0.2) is 4.79 Å². The molecule has 2 aromatic carbocycles. The molecule has 0 unspecified atom stereocenters. The zero-order valence-electron chi connectivity index (χ0n) is 14.4. The number of nitrogens with one attached hydrogen (secondary N) is 1. The van der Waals surface area contributed by atoms with E-state index in [1.54, 1.807) is 0 Å². The fraction of sp³-hybridized carbons (Fsp3) is 0.286. The van der Waals surface area contributed by atoms with E-state index in [9.17, 15) is 4.79 Å². The summed E-state index contributed by atoms with van der Waals surface area (Å²) in [5.41, 5.74) is 3.46. The summed E-state index contributed by atoms with van der Waals surface area (Å²) in [6, 6.07) is 18.1. The van der Waals surface area contributed by atoms with Crippen molar-refractivity contribution in [2.24, 2.45) is 5.92 Å². The molecule has 3 nitrogen and oxygen atoms in total. The maximum Gasteiger partial charge on any atom is 0.407 e. The van der Waals surface area contributed by atoms with Crippen LogP contribution in [0.4, 0.5) is 4.79 Å². The molecule has 3 heteroatoms. The minimum Gasteiger partial charge on any atom is -0.445 e. The topological polar surface area (TPSA) is 38.3 Å². The third kappa shape index (κ3) is 6.69. The molecule has 0 spiro atoms.